The fraction of sp³-hybridized carbons (Fsp3) is 0.576. The van der Waals surface area contributed by atoms with Crippen LogP contribution < -0.4 is 19.1 Å². The number of rotatable bonds is 14. The minimum atomic E-state index is -0.589. The second-order valence-electron chi connectivity index (χ2n) is 13.0. The monoisotopic (exact) mass is 751 g/mol. The number of anilines is 2. The Bertz CT molecular complexity index is 1250. The molecule has 2 aromatic rings. The molecule has 254 valence electrons. The van der Waals surface area contributed by atoms with Crippen molar-refractivity contribution < 1.29 is 33.8 Å². The summed E-state index contributed by atoms with van der Waals surface area (Å²) in [6, 6.07) is 11.7. The van der Waals surface area contributed by atoms with Gasteiger partial charge < -0.3 is 38.6 Å². The summed E-state index contributed by atoms with van der Waals surface area (Å²) >= 11 is 2.20. The predicted molar refractivity (Wildman–Crippen MR) is 196 cm³/mol. The summed E-state index contributed by atoms with van der Waals surface area (Å²) in [5, 5.41) is 22.3. The minimum Gasteiger partial charge on any atom is -0.467 e. The van der Waals surface area contributed by atoms with Crippen LogP contribution in [0.1, 0.15) is 58.4 Å². The first-order valence-corrected chi connectivity index (χ1v) is 16.9. The summed E-state index contributed by atoms with van der Waals surface area (Å²) in [7, 11) is 2.04. The molecule has 2 N–H and O–H groups in total. The van der Waals surface area contributed by atoms with Gasteiger partial charge in [-0.2, -0.15) is 5.06 Å². The molecule has 0 radical (unpaired) electrons. The summed E-state index contributed by atoms with van der Waals surface area (Å²) in [6.45, 7) is 18.5. The maximum absolute atomic E-state index is 10.3. The zero-order chi connectivity index (χ0) is 34.1. The highest BCUT2D eigenvalue weighted by Gasteiger charge is 2.44. The third kappa shape index (κ3) is 9.55. The summed E-state index contributed by atoms with van der Waals surface area (Å²) < 4.78 is 22.2. The van der Waals surface area contributed by atoms with Crippen LogP contribution in [-0.4, -0.2) is 87.8 Å². The molecule has 46 heavy (non-hydrogen) atoms. The van der Waals surface area contributed by atoms with Crippen LogP contribution >= 0.6 is 22.6 Å². The van der Waals surface area contributed by atoms with Crippen LogP contribution in [0.4, 0.5) is 11.4 Å². The van der Waals surface area contributed by atoms with Gasteiger partial charge in [-0.05, 0) is 107 Å². The van der Waals surface area contributed by atoms with E-state index in [0.717, 1.165) is 44.8 Å². The largest absolute Gasteiger partial charge is 0.467 e. The molecular formula is C33H52B2IN3O7. The van der Waals surface area contributed by atoms with E-state index in [0.29, 0.717) is 19.7 Å². The number of benzene rings is 2. The van der Waals surface area contributed by atoms with Crippen LogP contribution in [0.3, 0.4) is 0 Å². The average Bonchev–Trinajstić information content (AvgIpc) is 3.37. The van der Waals surface area contributed by atoms with Crippen molar-refractivity contribution in [3.63, 3.8) is 0 Å². The first-order valence-electron chi connectivity index (χ1n) is 15.9. The van der Waals surface area contributed by atoms with E-state index in [1.54, 1.807) is 33.9 Å². The molecule has 2 aliphatic heterocycles. The molecule has 2 aromatic carbocycles. The normalized spacial score (nSPS) is 18.2. The molecule has 0 bridgehead atoms. The van der Waals surface area contributed by atoms with Gasteiger partial charge >= 0.3 is 14.1 Å². The van der Waals surface area contributed by atoms with Gasteiger partial charge in [0, 0.05) is 61.2 Å². The first-order chi connectivity index (χ1) is 21.8. The van der Waals surface area contributed by atoms with Gasteiger partial charge in [0.2, 0.25) is 0 Å². The van der Waals surface area contributed by atoms with Crippen LogP contribution in [0.15, 0.2) is 49.1 Å². The third-order valence-corrected chi connectivity index (χ3v) is 9.49. The van der Waals surface area contributed by atoms with Gasteiger partial charge in [0.1, 0.15) is 11.5 Å². The fourth-order valence-electron chi connectivity index (χ4n) is 6.39. The summed E-state index contributed by atoms with van der Waals surface area (Å²) in [5.41, 5.74) is 3.01. The number of hydrogen-bond donors (Lipinski definition) is 2. The molecule has 0 amide bonds. The lowest BCUT2D eigenvalue weighted by Crippen LogP contribution is -2.58. The van der Waals surface area contributed by atoms with Crippen molar-refractivity contribution in [2.75, 3.05) is 57.1 Å². The topological polar surface area (TPSA) is 96.3 Å². The van der Waals surface area contributed by atoms with E-state index in [4.69, 9.17) is 23.8 Å². The van der Waals surface area contributed by atoms with E-state index in [1.165, 1.54) is 6.42 Å². The Balaban J connectivity index is 0.000000277. The molecule has 1 saturated heterocycles. The Morgan fingerprint density at radius 3 is 2.13 bits per heavy atom. The molecule has 4 rings (SSSR count). The van der Waals surface area contributed by atoms with Crippen molar-refractivity contribution in [3.05, 3.63) is 58.2 Å². The zero-order valence-corrected chi connectivity index (χ0v) is 31.0. The van der Waals surface area contributed by atoms with E-state index >= 15 is 0 Å². The Labute approximate surface area is 290 Å². The summed E-state index contributed by atoms with van der Waals surface area (Å²) in [4.78, 5) is 10.3. The maximum Gasteiger partial charge on any atom is 0.409 e. The minimum absolute atomic E-state index is 0.000784. The van der Waals surface area contributed by atoms with Crippen molar-refractivity contribution >= 4 is 48.1 Å². The number of nitrogens with zero attached hydrogens (tertiary/aromatic N) is 3. The van der Waals surface area contributed by atoms with Crippen LogP contribution in [0.25, 0.3) is 0 Å². The smallest absolute Gasteiger partial charge is 0.409 e. The van der Waals surface area contributed by atoms with Gasteiger partial charge in [-0.1, -0.05) is 18.2 Å². The van der Waals surface area contributed by atoms with Gasteiger partial charge in [-0.3, -0.25) is 4.84 Å². The predicted octanol–water partition coefficient (Wildman–Crippen LogP) is 6.03. The fourth-order valence-corrected chi connectivity index (χ4v) is 7.22. The first kappa shape index (κ1) is 38.4. The highest BCUT2D eigenvalue weighted by atomic mass is 127. The molecule has 1 atom stereocenters. The molecule has 0 saturated carbocycles. The van der Waals surface area contributed by atoms with Crippen LogP contribution in [0, 0.1) is 3.57 Å². The van der Waals surface area contributed by atoms with E-state index in [2.05, 4.69) is 61.9 Å². The van der Waals surface area contributed by atoms with E-state index in [9.17, 15) is 10.0 Å². The molecule has 0 aliphatic carbocycles. The number of halogens is 1. The lowest BCUT2D eigenvalue weighted by molar-refractivity contribution is -0.282. The van der Waals surface area contributed by atoms with E-state index < -0.39 is 14.1 Å². The van der Waals surface area contributed by atoms with Gasteiger partial charge in [0.25, 0.3) is 0 Å². The molecule has 10 nitrogen and oxygen atoms in total. The van der Waals surface area contributed by atoms with E-state index in [-0.39, 0.29) is 30.6 Å². The highest BCUT2D eigenvalue weighted by Crippen LogP contribution is 2.44. The lowest BCUT2D eigenvalue weighted by atomic mass is 9.82. The molecule has 1 unspecified atom stereocenters. The van der Waals surface area contributed by atoms with Crippen molar-refractivity contribution in [1.82, 2.24) is 5.06 Å². The number of hydrogen-bond acceptors (Lipinski definition) is 10. The Morgan fingerprint density at radius 2 is 1.57 bits per heavy atom. The lowest BCUT2D eigenvalue weighted by Gasteiger charge is -2.51. The van der Waals surface area contributed by atoms with Crippen LogP contribution in [-0.2, 0) is 14.3 Å². The number of methoxy groups -OCH3 is 2. The van der Waals surface area contributed by atoms with Crippen molar-refractivity contribution in [2.45, 2.75) is 77.6 Å². The Kier molecular flexibility index (Phi) is 14.6. The SMILES string of the molecule is C=CCN(B(C)O)c1cccc(OCOC)c1I.COCOc1cccc2c1C(CON1C(C)(C)CCCC1(C)C)CN2B(C)O. The summed E-state index contributed by atoms with van der Waals surface area (Å²) in [5.74, 6) is 1.66. The molecule has 2 aliphatic rings. The zero-order valence-electron chi connectivity index (χ0n) is 28.8. The molecule has 13 heteroatoms. The molecule has 0 spiro atoms. The molecule has 0 aromatic heterocycles. The second kappa shape index (κ2) is 17.4. The number of hydroxylamine groups is 2. The molecular weight excluding hydrogens is 699 g/mol. The van der Waals surface area contributed by atoms with Gasteiger partial charge in [0.15, 0.2) is 13.6 Å². The molecule has 2 heterocycles. The van der Waals surface area contributed by atoms with Crippen LogP contribution in [0.2, 0.25) is 13.6 Å². The van der Waals surface area contributed by atoms with Crippen molar-refractivity contribution in [2.24, 2.45) is 0 Å². The average molecular weight is 751 g/mol. The van der Waals surface area contributed by atoms with Crippen LogP contribution in [0.5, 0.6) is 11.5 Å². The summed E-state index contributed by atoms with van der Waals surface area (Å²) in [6.07, 6.45) is 5.22. The second-order valence-corrected chi connectivity index (χ2v) is 14.1. The highest BCUT2D eigenvalue weighted by molar-refractivity contribution is 14.1. The van der Waals surface area contributed by atoms with Crippen molar-refractivity contribution in [1.29, 1.82) is 0 Å². The third-order valence-electron chi connectivity index (χ3n) is 8.40. The quantitative estimate of drug-likeness (QED) is 0.103. The van der Waals surface area contributed by atoms with Gasteiger partial charge in [-0.15, -0.1) is 6.58 Å². The number of piperidine rings is 1. The van der Waals surface area contributed by atoms with Crippen molar-refractivity contribution in [3.8, 4) is 11.5 Å². The molecule has 1 fully saturated rings. The van der Waals surface area contributed by atoms with Gasteiger partial charge in [0.05, 0.1) is 10.2 Å². The maximum atomic E-state index is 10.3. The number of fused-ring (bicyclic) bond motifs is 1. The van der Waals surface area contributed by atoms with E-state index in [1.807, 2.05) is 46.0 Å². The van der Waals surface area contributed by atoms with Gasteiger partial charge in [-0.25, -0.2) is 0 Å². The Hall–Kier alpha value is -2.00. The number of ether oxygens (including phenoxy) is 4. The Morgan fingerprint density at radius 1 is 0.978 bits per heavy atom. The standard InChI is InChI=1S/C21H35BN2O4.C12H17BINO3/c1-20(2)11-8-12-21(3,4)24(20)28-14-16-13-23(22(5)25)17-9-7-10-18(19(16)17)27-15-26-6;1-4-8-15(13(2)16)10-6-5-7-11(12(10)14)18-9-17-3/h7,9-10,16,25H,8,11-15H2,1-6H3;4-7,16H,1,8-9H2,2-3H3.